The van der Waals surface area contributed by atoms with Crippen molar-refractivity contribution in [1.29, 1.82) is 0 Å². The van der Waals surface area contributed by atoms with Crippen LogP contribution in [0.15, 0.2) is 18.2 Å². The monoisotopic (exact) mass is 510 g/mol. The number of aliphatic hydroxyl groups is 1. The smallest absolute Gasteiger partial charge is 0.339 e. The van der Waals surface area contributed by atoms with Gasteiger partial charge in [-0.3, -0.25) is 0 Å². The molecule has 37 heavy (non-hydrogen) atoms. The summed E-state index contributed by atoms with van der Waals surface area (Å²) in [5.41, 5.74) is 4.88. The number of H-pyrrole nitrogens is 1. The molecular formula is C29H35FN2O5. The van der Waals surface area contributed by atoms with E-state index >= 15 is 4.39 Å². The SMILES string of the molecule is COC(=O)[C@@H](OC(C)(C)C)c1c(C)nc2[nH]c(C=CCCO)cc2c1-c1cc(F)c2c(c1C)CCCO2. The Morgan fingerprint density at radius 1 is 1.32 bits per heavy atom. The second-order valence-electron chi connectivity index (χ2n) is 10.3. The summed E-state index contributed by atoms with van der Waals surface area (Å²) in [7, 11) is 1.32. The molecule has 4 rings (SSSR count). The second-order valence-corrected chi connectivity index (χ2v) is 10.3. The fourth-order valence-corrected chi connectivity index (χ4v) is 4.89. The maximum atomic E-state index is 15.4. The lowest BCUT2D eigenvalue weighted by atomic mass is 9.86. The number of carbonyl (C=O) groups excluding carboxylic acids is 1. The van der Waals surface area contributed by atoms with Crippen molar-refractivity contribution >= 4 is 23.1 Å². The van der Waals surface area contributed by atoms with Crippen molar-refractivity contribution in [1.82, 2.24) is 9.97 Å². The maximum Gasteiger partial charge on any atom is 0.339 e. The van der Waals surface area contributed by atoms with Gasteiger partial charge < -0.3 is 24.3 Å². The van der Waals surface area contributed by atoms with E-state index in [-0.39, 0.29) is 6.61 Å². The van der Waals surface area contributed by atoms with E-state index in [0.29, 0.717) is 53.2 Å². The minimum absolute atomic E-state index is 0.0457. The van der Waals surface area contributed by atoms with E-state index in [1.807, 2.05) is 52.8 Å². The first kappa shape index (κ1) is 26.8. The highest BCUT2D eigenvalue weighted by atomic mass is 19.1. The predicted molar refractivity (Wildman–Crippen MR) is 141 cm³/mol. The molecule has 1 aliphatic heterocycles. The van der Waals surface area contributed by atoms with Crippen molar-refractivity contribution < 1.29 is 28.5 Å². The molecule has 2 aromatic heterocycles. The standard InChI is InChI=1S/C29H35FN2O5/c1-16-19-11-9-13-36-25(19)22(30)15-20(16)24-21-14-18(10-7-8-12-33)32-27(21)31-17(2)23(24)26(28(34)35-6)37-29(3,4)5/h7,10,14-15,26,33H,8-9,11-13H2,1-6H3,(H,31,32)/t26-/m0/s1. The molecule has 2 N–H and O–H groups in total. The largest absolute Gasteiger partial charge is 0.490 e. The Labute approximate surface area is 216 Å². The van der Waals surface area contributed by atoms with Crippen molar-refractivity contribution in [3.8, 4) is 16.9 Å². The van der Waals surface area contributed by atoms with Crippen molar-refractivity contribution in [3.05, 3.63) is 52.1 Å². The fourth-order valence-electron chi connectivity index (χ4n) is 4.89. The van der Waals surface area contributed by atoms with Gasteiger partial charge in [-0.15, -0.1) is 0 Å². The number of benzene rings is 1. The molecule has 3 heterocycles. The van der Waals surface area contributed by atoms with Gasteiger partial charge in [0, 0.05) is 40.1 Å². The first-order valence-corrected chi connectivity index (χ1v) is 12.6. The number of aryl methyl sites for hydroxylation is 1. The topological polar surface area (TPSA) is 93.7 Å². The predicted octanol–water partition coefficient (Wildman–Crippen LogP) is 5.74. The van der Waals surface area contributed by atoms with E-state index in [2.05, 4.69) is 4.98 Å². The first-order chi connectivity index (χ1) is 17.6. The summed E-state index contributed by atoms with van der Waals surface area (Å²) >= 11 is 0. The highest BCUT2D eigenvalue weighted by Crippen LogP contribution is 2.44. The Bertz CT molecular complexity index is 1350. The number of pyridine rings is 1. The first-order valence-electron chi connectivity index (χ1n) is 12.6. The van der Waals surface area contributed by atoms with Crippen molar-refractivity contribution in [2.24, 2.45) is 0 Å². The van der Waals surface area contributed by atoms with Gasteiger partial charge in [-0.25, -0.2) is 14.2 Å². The molecule has 0 radical (unpaired) electrons. The van der Waals surface area contributed by atoms with Gasteiger partial charge in [-0.1, -0.05) is 6.08 Å². The molecule has 3 aromatic rings. The molecule has 8 heteroatoms. The molecule has 1 aromatic carbocycles. The second kappa shape index (κ2) is 10.6. The summed E-state index contributed by atoms with van der Waals surface area (Å²) in [6, 6.07) is 3.41. The van der Waals surface area contributed by atoms with E-state index in [0.717, 1.165) is 28.6 Å². The number of aromatic amines is 1. The number of aliphatic hydroxyl groups excluding tert-OH is 1. The summed E-state index contributed by atoms with van der Waals surface area (Å²) < 4.78 is 32.5. The van der Waals surface area contributed by atoms with E-state index in [1.54, 1.807) is 0 Å². The number of ether oxygens (including phenoxy) is 3. The molecule has 0 unspecified atom stereocenters. The summed E-state index contributed by atoms with van der Waals surface area (Å²) in [5.74, 6) is -0.694. The lowest BCUT2D eigenvalue weighted by Gasteiger charge is -2.29. The number of hydrogen-bond acceptors (Lipinski definition) is 6. The maximum absolute atomic E-state index is 15.4. The summed E-state index contributed by atoms with van der Waals surface area (Å²) in [4.78, 5) is 21.2. The lowest BCUT2D eigenvalue weighted by Crippen LogP contribution is -2.29. The van der Waals surface area contributed by atoms with Gasteiger partial charge in [-0.05, 0) is 83.2 Å². The van der Waals surface area contributed by atoms with Crippen LogP contribution in [0.4, 0.5) is 4.39 Å². The van der Waals surface area contributed by atoms with E-state index < -0.39 is 23.5 Å². The number of hydrogen-bond donors (Lipinski definition) is 2. The third kappa shape index (κ3) is 5.40. The molecule has 0 bridgehead atoms. The number of halogens is 1. The highest BCUT2D eigenvalue weighted by molar-refractivity contribution is 6.00. The number of fused-ring (bicyclic) bond motifs is 2. The van der Waals surface area contributed by atoms with Crippen LogP contribution in [0.3, 0.4) is 0 Å². The van der Waals surface area contributed by atoms with Gasteiger partial charge in [0.25, 0.3) is 0 Å². The molecule has 0 amide bonds. The zero-order valence-electron chi connectivity index (χ0n) is 22.3. The van der Waals surface area contributed by atoms with Crippen LogP contribution >= 0.6 is 0 Å². The summed E-state index contributed by atoms with van der Waals surface area (Å²) in [6.07, 6.45) is 4.67. The number of aromatic nitrogens is 2. The third-order valence-corrected chi connectivity index (χ3v) is 6.47. The van der Waals surface area contributed by atoms with Crippen LogP contribution in [0, 0.1) is 19.7 Å². The Morgan fingerprint density at radius 2 is 2.08 bits per heavy atom. The normalized spacial score (nSPS) is 14.6. The molecular weight excluding hydrogens is 475 g/mol. The quantitative estimate of drug-likeness (QED) is 0.394. The summed E-state index contributed by atoms with van der Waals surface area (Å²) in [6.45, 7) is 9.90. The van der Waals surface area contributed by atoms with E-state index in [4.69, 9.17) is 24.3 Å². The Hall–Kier alpha value is -3.23. The van der Waals surface area contributed by atoms with E-state index in [9.17, 15) is 4.79 Å². The number of esters is 1. The van der Waals surface area contributed by atoms with Gasteiger partial charge in [0.1, 0.15) is 5.65 Å². The van der Waals surface area contributed by atoms with Crippen LogP contribution in [-0.2, 0) is 20.7 Å². The van der Waals surface area contributed by atoms with Crippen LogP contribution < -0.4 is 4.74 Å². The Balaban J connectivity index is 2.08. The molecule has 0 spiro atoms. The molecule has 1 aliphatic rings. The van der Waals surface area contributed by atoms with Crippen LogP contribution in [0.5, 0.6) is 5.75 Å². The van der Waals surface area contributed by atoms with Crippen molar-refractivity contribution in [2.45, 2.75) is 65.6 Å². The zero-order chi connectivity index (χ0) is 26.9. The Kier molecular flexibility index (Phi) is 7.71. The zero-order valence-corrected chi connectivity index (χ0v) is 22.3. The van der Waals surface area contributed by atoms with Crippen LogP contribution in [-0.4, -0.2) is 47.0 Å². The molecule has 7 nitrogen and oxygen atoms in total. The number of carbonyl (C=O) groups is 1. The fraction of sp³-hybridized carbons (Fsp3) is 0.448. The van der Waals surface area contributed by atoms with Gasteiger partial charge in [0.15, 0.2) is 17.7 Å². The molecule has 1 atom stereocenters. The van der Waals surface area contributed by atoms with Gasteiger partial charge in [0.05, 0.1) is 19.3 Å². The van der Waals surface area contributed by atoms with Crippen LogP contribution in [0.2, 0.25) is 0 Å². The van der Waals surface area contributed by atoms with Gasteiger partial charge in [-0.2, -0.15) is 0 Å². The number of nitrogens with one attached hydrogen (secondary N) is 1. The van der Waals surface area contributed by atoms with Gasteiger partial charge in [0.2, 0.25) is 0 Å². The molecule has 198 valence electrons. The Morgan fingerprint density at radius 3 is 2.76 bits per heavy atom. The summed E-state index contributed by atoms with van der Waals surface area (Å²) in [5, 5.41) is 9.89. The molecule has 0 fully saturated rings. The number of nitrogens with zero attached hydrogens (tertiary/aromatic N) is 1. The minimum atomic E-state index is -1.07. The van der Waals surface area contributed by atoms with Crippen molar-refractivity contribution in [3.63, 3.8) is 0 Å². The average molecular weight is 511 g/mol. The highest BCUT2D eigenvalue weighted by Gasteiger charge is 2.34. The molecule has 0 aliphatic carbocycles. The number of methoxy groups -OCH3 is 1. The van der Waals surface area contributed by atoms with Crippen LogP contribution in [0.25, 0.3) is 28.2 Å². The van der Waals surface area contributed by atoms with E-state index in [1.165, 1.54) is 13.2 Å². The van der Waals surface area contributed by atoms with Crippen LogP contribution in [0.1, 0.15) is 67.8 Å². The average Bonchev–Trinajstić information content (AvgIpc) is 3.25. The molecule has 0 saturated carbocycles. The lowest BCUT2D eigenvalue weighted by molar-refractivity contribution is -0.164. The van der Waals surface area contributed by atoms with Crippen molar-refractivity contribution in [2.75, 3.05) is 20.3 Å². The minimum Gasteiger partial charge on any atom is -0.490 e. The molecule has 0 saturated heterocycles. The van der Waals surface area contributed by atoms with Gasteiger partial charge >= 0.3 is 5.97 Å². The third-order valence-electron chi connectivity index (χ3n) is 6.47. The number of rotatable bonds is 7.